The van der Waals surface area contributed by atoms with Crippen molar-refractivity contribution in [2.24, 2.45) is 5.73 Å². The minimum Gasteiger partial charge on any atom is -0.508 e. The Balaban J connectivity index is 2.24. The van der Waals surface area contributed by atoms with Crippen molar-refractivity contribution in [3.05, 3.63) is 47.5 Å². The van der Waals surface area contributed by atoms with E-state index in [9.17, 15) is 14.7 Å². The fraction of sp³-hybridized carbons (Fsp3) is 0.158. The Kier molecular flexibility index (Phi) is 6.27. The van der Waals surface area contributed by atoms with Gasteiger partial charge in [-0.15, -0.1) is 0 Å². The summed E-state index contributed by atoms with van der Waals surface area (Å²) in [5, 5.41) is 12.0. The lowest BCUT2D eigenvalue weighted by molar-refractivity contribution is -0.111. The number of hydrogen-bond donors (Lipinski definition) is 3. The molecule has 2 rings (SSSR count). The van der Waals surface area contributed by atoms with Crippen LogP contribution in [0.25, 0.3) is 6.08 Å². The van der Waals surface area contributed by atoms with Crippen LogP contribution < -0.4 is 25.3 Å². The van der Waals surface area contributed by atoms with Crippen LogP contribution in [0.5, 0.6) is 23.0 Å². The number of methoxy groups -OCH3 is 3. The van der Waals surface area contributed by atoms with Crippen LogP contribution >= 0.6 is 0 Å². The highest BCUT2D eigenvalue weighted by molar-refractivity contribution is 6.07. The Morgan fingerprint density at radius 1 is 1.04 bits per heavy atom. The van der Waals surface area contributed by atoms with E-state index >= 15 is 0 Å². The smallest absolute Gasteiger partial charge is 0.250 e. The van der Waals surface area contributed by atoms with E-state index in [1.807, 2.05) is 0 Å². The molecule has 0 aliphatic rings. The summed E-state index contributed by atoms with van der Waals surface area (Å²) >= 11 is 0. The average molecular weight is 372 g/mol. The Morgan fingerprint density at radius 2 is 1.67 bits per heavy atom. The van der Waals surface area contributed by atoms with Gasteiger partial charge in [0.15, 0.2) is 11.5 Å². The lowest BCUT2D eigenvalue weighted by Gasteiger charge is -2.12. The monoisotopic (exact) mass is 372 g/mol. The van der Waals surface area contributed by atoms with Gasteiger partial charge in [0.25, 0.3) is 5.91 Å². The molecule has 2 amide bonds. The zero-order chi connectivity index (χ0) is 20.0. The molecule has 0 atom stereocenters. The molecule has 0 unspecified atom stereocenters. The lowest BCUT2D eigenvalue weighted by Crippen LogP contribution is -2.16. The summed E-state index contributed by atoms with van der Waals surface area (Å²) in [6, 6.07) is 7.27. The number of ether oxygens (including phenoxy) is 3. The molecule has 0 radical (unpaired) electrons. The van der Waals surface area contributed by atoms with Gasteiger partial charge in [0, 0.05) is 6.08 Å². The zero-order valence-electron chi connectivity index (χ0n) is 15.1. The maximum absolute atomic E-state index is 12.2. The maximum Gasteiger partial charge on any atom is 0.250 e. The first-order valence-corrected chi connectivity index (χ1v) is 7.81. The third kappa shape index (κ3) is 4.69. The van der Waals surface area contributed by atoms with Crippen LogP contribution in [0.1, 0.15) is 15.9 Å². The highest BCUT2D eigenvalue weighted by Gasteiger charge is 2.13. The molecule has 0 aromatic heterocycles. The second-order valence-corrected chi connectivity index (χ2v) is 5.38. The van der Waals surface area contributed by atoms with Crippen molar-refractivity contribution in [3.8, 4) is 23.0 Å². The number of hydrogen-bond acceptors (Lipinski definition) is 6. The summed E-state index contributed by atoms with van der Waals surface area (Å²) in [6.45, 7) is 0. The largest absolute Gasteiger partial charge is 0.508 e. The van der Waals surface area contributed by atoms with E-state index in [4.69, 9.17) is 19.9 Å². The number of benzene rings is 2. The Labute approximate surface area is 156 Å². The van der Waals surface area contributed by atoms with Crippen LogP contribution in [0, 0.1) is 0 Å². The fourth-order valence-corrected chi connectivity index (χ4v) is 2.39. The van der Waals surface area contributed by atoms with Gasteiger partial charge in [-0.2, -0.15) is 0 Å². The van der Waals surface area contributed by atoms with Crippen molar-refractivity contribution < 1.29 is 28.9 Å². The Hall–Kier alpha value is -3.68. The number of aromatic hydroxyl groups is 1. The van der Waals surface area contributed by atoms with E-state index in [0.29, 0.717) is 22.8 Å². The third-order valence-electron chi connectivity index (χ3n) is 3.64. The maximum atomic E-state index is 12.2. The van der Waals surface area contributed by atoms with Gasteiger partial charge in [-0.05, 0) is 42.0 Å². The molecule has 0 bridgehead atoms. The quantitative estimate of drug-likeness (QED) is 0.506. The molecular formula is C19H20N2O6. The van der Waals surface area contributed by atoms with Crippen LogP contribution in [-0.2, 0) is 4.79 Å². The Morgan fingerprint density at radius 3 is 2.19 bits per heavy atom. The summed E-state index contributed by atoms with van der Waals surface area (Å²) in [4.78, 5) is 23.6. The number of nitrogens with one attached hydrogen (secondary N) is 1. The number of amides is 2. The minimum atomic E-state index is -0.769. The molecule has 4 N–H and O–H groups in total. The zero-order valence-corrected chi connectivity index (χ0v) is 15.1. The predicted octanol–water partition coefficient (Wildman–Crippen LogP) is 2.17. The number of primary amides is 1. The number of anilines is 1. The summed E-state index contributed by atoms with van der Waals surface area (Å²) in [5.74, 6) is -0.0452. The summed E-state index contributed by atoms with van der Waals surface area (Å²) < 4.78 is 15.8. The van der Waals surface area contributed by atoms with Gasteiger partial charge in [0.05, 0.1) is 32.6 Å². The van der Waals surface area contributed by atoms with Crippen LogP contribution in [-0.4, -0.2) is 38.3 Å². The number of rotatable bonds is 7. The molecule has 0 fully saturated rings. The predicted molar refractivity (Wildman–Crippen MR) is 100 cm³/mol. The molecule has 0 spiro atoms. The normalized spacial score (nSPS) is 10.5. The summed E-state index contributed by atoms with van der Waals surface area (Å²) in [5.41, 5.74) is 6.09. The standard InChI is InChI=1S/C19H20N2O6/c1-25-15-8-11(9-16(26-2)18(15)27-3)4-7-17(23)21-14-6-5-12(22)10-13(14)19(20)24/h4-10,22H,1-3H3,(H2,20,24)(H,21,23)/b7-4+. The van der Waals surface area contributed by atoms with Gasteiger partial charge in [0.1, 0.15) is 5.75 Å². The van der Waals surface area contributed by atoms with E-state index in [1.54, 1.807) is 18.2 Å². The summed E-state index contributed by atoms with van der Waals surface area (Å²) in [7, 11) is 4.48. The molecule has 0 aliphatic carbocycles. The summed E-state index contributed by atoms with van der Waals surface area (Å²) in [6.07, 6.45) is 2.82. The molecule has 0 saturated carbocycles. The molecule has 27 heavy (non-hydrogen) atoms. The van der Waals surface area contributed by atoms with Crippen molar-refractivity contribution in [1.82, 2.24) is 0 Å². The first-order chi connectivity index (χ1) is 12.9. The fourth-order valence-electron chi connectivity index (χ4n) is 2.39. The molecule has 0 heterocycles. The van der Waals surface area contributed by atoms with Crippen LogP contribution in [0.3, 0.4) is 0 Å². The first-order valence-electron chi connectivity index (χ1n) is 7.81. The molecule has 2 aromatic carbocycles. The van der Waals surface area contributed by atoms with Crippen LogP contribution in [0.2, 0.25) is 0 Å². The van der Waals surface area contributed by atoms with Crippen LogP contribution in [0.15, 0.2) is 36.4 Å². The van der Waals surface area contributed by atoms with Crippen molar-refractivity contribution in [2.45, 2.75) is 0 Å². The van der Waals surface area contributed by atoms with E-state index < -0.39 is 11.8 Å². The van der Waals surface area contributed by atoms with E-state index in [-0.39, 0.29) is 17.0 Å². The van der Waals surface area contributed by atoms with Gasteiger partial charge < -0.3 is 30.4 Å². The second-order valence-electron chi connectivity index (χ2n) is 5.38. The van der Waals surface area contributed by atoms with Crippen molar-refractivity contribution in [1.29, 1.82) is 0 Å². The second kappa shape index (κ2) is 8.61. The average Bonchev–Trinajstić information content (AvgIpc) is 2.66. The molecule has 0 aliphatic heterocycles. The van der Waals surface area contributed by atoms with Crippen LogP contribution in [0.4, 0.5) is 5.69 Å². The van der Waals surface area contributed by atoms with Gasteiger partial charge in [0.2, 0.25) is 11.7 Å². The van der Waals surface area contributed by atoms with E-state index in [2.05, 4.69) is 5.32 Å². The first kappa shape index (κ1) is 19.6. The SMILES string of the molecule is COc1cc(/C=C/C(=O)Nc2ccc(O)cc2C(N)=O)cc(OC)c1OC. The molecular weight excluding hydrogens is 352 g/mol. The van der Waals surface area contributed by atoms with Gasteiger partial charge in [-0.25, -0.2) is 0 Å². The van der Waals surface area contributed by atoms with Crippen molar-refractivity contribution in [2.75, 3.05) is 26.6 Å². The topological polar surface area (TPSA) is 120 Å². The van der Waals surface area contributed by atoms with E-state index in [0.717, 1.165) is 0 Å². The molecule has 0 saturated heterocycles. The van der Waals surface area contributed by atoms with Gasteiger partial charge in [-0.1, -0.05) is 0 Å². The molecule has 8 heteroatoms. The number of phenolic OH excluding ortho intramolecular Hbond substituents is 1. The number of nitrogens with two attached hydrogens (primary N) is 1. The highest BCUT2D eigenvalue weighted by atomic mass is 16.5. The third-order valence-corrected chi connectivity index (χ3v) is 3.64. The minimum absolute atomic E-state index is 0.00420. The number of phenols is 1. The molecule has 8 nitrogen and oxygen atoms in total. The Bertz CT molecular complexity index is 867. The van der Waals surface area contributed by atoms with Gasteiger partial charge >= 0.3 is 0 Å². The van der Waals surface area contributed by atoms with E-state index in [1.165, 1.54) is 45.6 Å². The van der Waals surface area contributed by atoms with Crippen molar-refractivity contribution >= 4 is 23.6 Å². The molecule has 142 valence electrons. The lowest BCUT2D eigenvalue weighted by atomic mass is 10.1. The van der Waals surface area contributed by atoms with Crippen molar-refractivity contribution in [3.63, 3.8) is 0 Å². The number of carbonyl (C=O) groups is 2. The number of carbonyl (C=O) groups excluding carboxylic acids is 2. The highest BCUT2D eigenvalue weighted by Crippen LogP contribution is 2.38. The van der Waals surface area contributed by atoms with Gasteiger partial charge in [-0.3, -0.25) is 9.59 Å². The molecule has 2 aromatic rings.